The number of rotatable bonds is 2. The van der Waals surface area contributed by atoms with Crippen LogP contribution in [0.15, 0.2) is 48.6 Å². The first-order valence-electron chi connectivity index (χ1n) is 7.71. The van der Waals surface area contributed by atoms with Gasteiger partial charge in [-0.1, -0.05) is 47.5 Å². The smallest absolute Gasteiger partial charge is 0.269 e. The number of benzene rings is 2. The van der Waals surface area contributed by atoms with E-state index in [1.54, 1.807) is 18.2 Å². The van der Waals surface area contributed by atoms with Crippen LogP contribution in [0.5, 0.6) is 0 Å². The predicted molar refractivity (Wildman–Crippen MR) is 95.9 cm³/mol. The highest BCUT2D eigenvalue weighted by Crippen LogP contribution is 2.52. The van der Waals surface area contributed by atoms with Gasteiger partial charge in [-0.25, -0.2) is 0 Å². The molecule has 1 aliphatic carbocycles. The summed E-state index contributed by atoms with van der Waals surface area (Å²) in [5.74, 6) is 0.559. The summed E-state index contributed by atoms with van der Waals surface area (Å²) in [7, 11) is 0. The number of allylic oxidation sites excluding steroid dienone is 2. The van der Waals surface area contributed by atoms with Gasteiger partial charge in [-0.15, -0.1) is 0 Å². The molecule has 0 spiro atoms. The molecule has 1 heterocycles. The predicted octanol–water partition coefficient (Wildman–Crippen LogP) is 5.73. The average molecular weight is 361 g/mol. The van der Waals surface area contributed by atoms with Crippen LogP contribution in [0.2, 0.25) is 10.0 Å². The van der Waals surface area contributed by atoms with Gasteiger partial charge in [0.2, 0.25) is 0 Å². The van der Waals surface area contributed by atoms with E-state index in [0.29, 0.717) is 16.0 Å². The SMILES string of the molecule is O=[N+]([O-])c1ccc([C@@H]2Nc3cc(Cl)cc(Cl)c3[C@@H]3C=CC[C@@H]32)cc1. The lowest BCUT2D eigenvalue weighted by Gasteiger charge is -2.38. The Bertz CT molecular complexity index is 849. The van der Waals surface area contributed by atoms with E-state index < -0.39 is 0 Å². The van der Waals surface area contributed by atoms with Gasteiger partial charge in [0.25, 0.3) is 5.69 Å². The third kappa shape index (κ3) is 2.46. The summed E-state index contributed by atoms with van der Waals surface area (Å²) in [6.45, 7) is 0. The quantitative estimate of drug-likeness (QED) is 0.422. The molecule has 2 aromatic carbocycles. The highest BCUT2D eigenvalue weighted by Gasteiger charge is 2.39. The maximum Gasteiger partial charge on any atom is 0.269 e. The van der Waals surface area contributed by atoms with Crippen LogP contribution < -0.4 is 5.32 Å². The normalized spacial score (nSPS) is 24.2. The Morgan fingerprint density at radius 3 is 2.62 bits per heavy atom. The molecule has 122 valence electrons. The van der Waals surface area contributed by atoms with Crippen LogP contribution in [0.1, 0.15) is 29.5 Å². The van der Waals surface area contributed by atoms with Crippen molar-refractivity contribution in [2.24, 2.45) is 5.92 Å². The Labute approximate surface area is 149 Å². The van der Waals surface area contributed by atoms with E-state index in [-0.39, 0.29) is 22.6 Å². The number of nitro benzene ring substituents is 1. The topological polar surface area (TPSA) is 55.2 Å². The largest absolute Gasteiger partial charge is 0.378 e. The van der Waals surface area contributed by atoms with Crippen LogP contribution in [0, 0.1) is 16.0 Å². The summed E-state index contributed by atoms with van der Waals surface area (Å²) < 4.78 is 0. The van der Waals surface area contributed by atoms with Crippen LogP contribution in [0.3, 0.4) is 0 Å². The van der Waals surface area contributed by atoms with Gasteiger partial charge in [-0.05, 0) is 30.0 Å². The molecule has 24 heavy (non-hydrogen) atoms. The zero-order chi connectivity index (χ0) is 16.8. The molecule has 3 atom stereocenters. The molecule has 0 fully saturated rings. The van der Waals surface area contributed by atoms with E-state index in [1.165, 1.54) is 0 Å². The summed E-state index contributed by atoms with van der Waals surface area (Å²) in [6.07, 6.45) is 5.32. The molecule has 0 radical (unpaired) electrons. The van der Waals surface area contributed by atoms with E-state index in [9.17, 15) is 10.1 Å². The fraction of sp³-hybridized carbons (Fsp3) is 0.222. The second kappa shape index (κ2) is 5.80. The molecule has 1 aliphatic heterocycles. The molecule has 1 N–H and O–H groups in total. The maximum atomic E-state index is 10.9. The van der Waals surface area contributed by atoms with Gasteiger partial charge in [0.05, 0.1) is 11.0 Å². The van der Waals surface area contributed by atoms with Crippen molar-refractivity contribution >= 4 is 34.6 Å². The first-order chi connectivity index (χ1) is 11.5. The number of hydrogen-bond donors (Lipinski definition) is 1. The van der Waals surface area contributed by atoms with Crippen molar-refractivity contribution in [2.45, 2.75) is 18.4 Å². The van der Waals surface area contributed by atoms with Gasteiger partial charge in [-0.3, -0.25) is 10.1 Å². The molecule has 6 heteroatoms. The monoisotopic (exact) mass is 360 g/mol. The molecule has 4 rings (SSSR count). The average Bonchev–Trinajstić information content (AvgIpc) is 3.02. The zero-order valence-electron chi connectivity index (χ0n) is 12.6. The van der Waals surface area contributed by atoms with Crippen LogP contribution in [-0.2, 0) is 0 Å². The summed E-state index contributed by atoms with van der Waals surface area (Å²) in [5, 5.41) is 15.7. The van der Waals surface area contributed by atoms with Gasteiger partial charge in [-0.2, -0.15) is 0 Å². The van der Waals surface area contributed by atoms with E-state index in [4.69, 9.17) is 23.2 Å². The van der Waals surface area contributed by atoms with Crippen molar-refractivity contribution in [1.82, 2.24) is 0 Å². The van der Waals surface area contributed by atoms with Crippen molar-refractivity contribution in [3.63, 3.8) is 0 Å². The van der Waals surface area contributed by atoms with Crippen molar-refractivity contribution in [3.8, 4) is 0 Å². The highest BCUT2D eigenvalue weighted by molar-refractivity contribution is 6.35. The first kappa shape index (κ1) is 15.5. The Kier molecular flexibility index (Phi) is 3.74. The Hall–Kier alpha value is -2.04. The lowest BCUT2D eigenvalue weighted by atomic mass is 9.77. The maximum absolute atomic E-state index is 10.9. The number of hydrogen-bond acceptors (Lipinski definition) is 3. The summed E-state index contributed by atoms with van der Waals surface area (Å²) in [4.78, 5) is 10.5. The summed E-state index contributed by atoms with van der Waals surface area (Å²) in [6, 6.07) is 10.5. The number of nitrogens with one attached hydrogen (secondary N) is 1. The second-order valence-corrected chi connectivity index (χ2v) is 7.02. The van der Waals surface area contributed by atoms with Crippen molar-refractivity contribution in [1.29, 1.82) is 0 Å². The lowest BCUT2D eigenvalue weighted by Crippen LogP contribution is -2.29. The molecule has 0 aromatic heterocycles. The minimum absolute atomic E-state index is 0.0628. The summed E-state index contributed by atoms with van der Waals surface area (Å²) >= 11 is 12.6. The lowest BCUT2D eigenvalue weighted by molar-refractivity contribution is -0.384. The van der Waals surface area contributed by atoms with E-state index >= 15 is 0 Å². The number of non-ortho nitro benzene ring substituents is 1. The molecule has 0 unspecified atom stereocenters. The first-order valence-corrected chi connectivity index (χ1v) is 8.46. The van der Waals surface area contributed by atoms with Gasteiger partial charge < -0.3 is 5.32 Å². The highest BCUT2D eigenvalue weighted by atomic mass is 35.5. The van der Waals surface area contributed by atoms with E-state index in [2.05, 4.69) is 17.5 Å². The fourth-order valence-electron chi connectivity index (χ4n) is 3.78. The third-order valence-corrected chi connectivity index (χ3v) is 5.37. The summed E-state index contributed by atoms with van der Waals surface area (Å²) in [5.41, 5.74) is 3.14. The molecule has 0 saturated carbocycles. The molecular weight excluding hydrogens is 347 g/mol. The minimum Gasteiger partial charge on any atom is -0.378 e. The minimum atomic E-state index is -0.382. The molecule has 4 nitrogen and oxygen atoms in total. The van der Waals surface area contributed by atoms with Crippen LogP contribution in [-0.4, -0.2) is 4.92 Å². The number of anilines is 1. The molecule has 2 aliphatic rings. The number of halogens is 2. The van der Waals surface area contributed by atoms with Crippen LogP contribution >= 0.6 is 23.2 Å². The standard InChI is InChI=1S/C18H14Cl2N2O2/c19-11-8-15(20)17-13-2-1-3-14(13)18(21-16(17)9-11)10-4-6-12(7-5-10)22(23)24/h1-2,4-9,13-14,18,21H,3H2/t13-,14+,18+/m1/s1. The Balaban J connectivity index is 1.76. The van der Waals surface area contributed by atoms with Gasteiger partial charge in [0.1, 0.15) is 0 Å². The molecule has 0 saturated heterocycles. The molecule has 0 amide bonds. The Morgan fingerprint density at radius 1 is 1.17 bits per heavy atom. The second-order valence-electron chi connectivity index (χ2n) is 6.17. The Morgan fingerprint density at radius 2 is 1.92 bits per heavy atom. The van der Waals surface area contributed by atoms with Gasteiger partial charge >= 0.3 is 0 Å². The number of fused-ring (bicyclic) bond motifs is 3. The molecular formula is C18H14Cl2N2O2. The van der Waals surface area contributed by atoms with Gasteiger partial charge in [0.15, 0.2) is 0 Å². The molecule has 0 bridgehead atoms. The van der Waals surface area contributed by atoms with Crippen LogP contribution in [0.4, 0.5) is 11.4 Å². The van der Waals surface area contributed by atoms with Crippen molar-refractivity contribution in [3.05, 3.63) is 79.8 Å². The van der Waals surface area contributed by atoms with Crippen LogP contribution in [0.25, 0.3) is 0 Å². The van der Waals surface area contributed by atoms with Gasteiger partial charge in [0, 0.05) is 39.3 Å². The van der Waals surface area contributed by atoms with E-state index in [1.807, 2.05) is 18.2 Å². The zero-order valence-corrected chi connectivity index (χ0v) is 14.1. The number of nitro groups is 1. The van der Waals surface area contributed by atoms with Crippen molar-refractivity contribution in [2.75, 3.05) is 5.32 Å². The fourth-order valence-corrected chi connectivity index (χ4v) is 4.40. The van der Waals surface area contributed by atoms with Crippen molar-refractivity contribution < 1.29 is 4.92 Å². The molecule has 2 aromatic rings. The third-order valence-electron chi connectivity index (χ3n) is 4.84. The number of nitrogens with zero attached hydrogens (tertiary/aromatic N) is 1. The van der Waals surface area contributed by atoms with E-state index in [0.717, 1.165) is 23.2 Å².